The van der Waals surface area contributed by atoms with Gasteiger partial charge < -0.3 is 15.2 Å². The molecule has 0 bridgehead atoms. The van der Waals surface area contributed by atoms with Gasteiger partial charge in [0.15, 0.2) is 0 Å². The van der Waals surface area contributed by atoms with Crippen molar-refractivity contribution in [3.63, 3.8) is 0 Å². The molecule has 3 nitrogen and oxygen atoms in total. The Labute approximate surface area is 126 Å². The molecule has 0 saturated heterocycles. The molecule has 2 rings (SSSR count). The average Bonchev–Trinajstić information content (AvgIpc) is 2.54. The Bertz CT molecular complexity index is 539. The summed E-state index contributed by atoms with van der Waals surface area (Å²) in [5.41, 5.74) is 1.77. The van der Waals surface area contributed by atoms with Crippen LogP contribution in [0.25, 0.3) is 0 Å². The van der Waals surface area contributed by atoms with Crippen LogP contribution in [0.2, 0.25) is 0 Å². The highest BCUT2D eigenvalue weighted by molar-refractivity contribution is 5.32. The Hall–Kier alpha value is -1.84. The van der Waals surface area contributed by atoms with E-state index >= 15 is 0 Å². The topological polar surface area (TPSA) is 41.5 Å². The fourth-order valence-corrected chi connectivity index (χ4v) is 2.23. The summed E-state index contributed by atoms with van der Waals surface area (Å²) in [6.07, 6.45) is 0. The number of ether oxygens (including phenoxy) is 1. The van der Waals surface area contributed by atoms with Crippen molar-refractivity contribution >= 4 is 0 Å². The maximum atomic E-state index is 9.80. The fourth-order valence-electron chi connectivity index (χ4n) is 2.23. The van der Waals surface area contributed by atoms with Crippen LogP contribution in [-0.4, -0.2) is 18.3 Å². The van der Waals surface area contributed by atoms with E-state index in [-0.39, 0.29) is 6.61 Å². The summed E-state index contributed by atoms with van der Waals surface area (Å²) in [6, 6.07) is 18.1. The van der Waals surface area contributed by atoms with Gasteiger partial charge in [0.1, 0.15) is 5.75 Å². The highest BCUT2D eigenvalue weighted by Crippen LogP contribution is 2.23. The minimum absolute atomic E-state index is 0.0355. The van der Waals surface area contributed by atoms with Crippen molar-refractivity contribution in [1.29, 1.82) is 0 Å². The molecule has 0 aliphatic heterocycles. The molecule has 0 saturated carbocycles. The molecular formula is C18H23NO2. The number of hydrogen-bond donors (Lipinski definition) is 2. The highest BCUT2D eigenvalue weighted by atomic mass is 16.5. The second kappa shape index (κ2) is 7.25. The van der Waals surface area contributed by atoms with Crippen LogP contribution in [0, 0.1) is 0 Å². The fraction of sp³-hybridized carbons (Fsp3) is 0.333. The van der Waals surface area contributed by atoms with Crippen LogP contribution in [0.15, 0.2) is 54.6 Å². The standard InChI is InChI=1S/C18H23NO2/c1-3-21-17-11-9-16(10-12-17)18(2,14-20)19-13-15-7-5-4-6-8-15/h4-12,19-20H,3,13-14H2,1-2H3. The summed E-state index contributed by atoms with van der Waals surface area (Å²) in [6.45, 7) is 5.38. The molecular weight excluding hydrogens is 262 g/mol. The molecule has 0 aliphatic carbocycles. The molecule has 2 aromatic rings. The van der Waals surface area contributed by atoms with Gasteiger partial charge in [0.05, 0.1) is 18.8 Å². The molecule has 2 N–H and O–H groups in total. The van der Waals surface area contributed by atoms with Crippen molar-refractivity contribution in [2.24, 2.45) is 0 Å². The van der Waals surface area contributed by atoms with Gasteiger partial charge in [0, 0.05) is 6.54 Å². The Balaban J connectivity index is 2.08. The average molecular weight is 285 g/mol. The maximum absolute atomic E-state index is 9.80. The second-order valence-electron chi connectivity index (χ2n) is 5.29. The third-order valence-corrected chi connectivity index (χ3v) is 3.64. The lowest BCUT2D eigenvalue weighted by molar-refractivity contribution is 0.173. The van der Waals surface area contributed by atoms with Crippen LogP contribution in [0.4, 0.5) is 0 Å². The molecule has 0 heterocycles. The first kappa shape index (κ1) is 15.5. The van der Waals surface area contributed by atoms with E-state index in [0.717, 1.165) is 11.3 Å². The van der Waals surface area contributed by atoms with Crippen LogP contribution >= 0.6 is 0 Å². The molecule has 0 fully saturated rings. The van der Waals surface area contributed by atoms with Crippen LogP contribution in [0.1, 0.15) is 25.0 Å². The first-order valence-corrected chi connectivity index (χ1v) is 7.31. The number of benzene rings is 2. The van der Waals surface area contributed by atoms with Crippen molar-refractivity contribution in [2.45, 2.75) is 25.9 Å². The smallest absolute Gasteiger partial charge is 0.119 e. The summed E-state index contributed by atoms with van der Waals surface area (Å²) in [5.74, 6) is 0.851. The molecule has 0 amide bonds. The SMILES string of the molecule is CCOc1ccc(C(C)(CO)NCc2ccccc2)cc1. The predicted molar refractivity (Wildman–Crippen MR) is 85.3 cm³/mol. The van der Waals surface area contributed by atoms with Gasteiger partial charge in [-0.3, -0.25) is 0 Å². The van der Waals surface area contributed by atoms with E-state index in [1.165, 1.54) is 5.56 Å². The number of nitrogens with one attached hydrogen (secondary N) is 1. The van der Waals surface area contributed by atoms with Crippen molar-refractivity contribution in [3.8, 4) is 5.75 Å². The zero-order valence-corrected chi connectivity index (χ0v) is 12.7. The van der Waals surface area contributed by atoms with E-state index in [1.807, 2.05) is 56.3 Å². The molecule has 0 spiro atoms. The van der Waals surface area contributed by atoms with Gasteiger partial charge in [-0.1, -0.05) is 42.5 Å². The van der Waals surface area contributed by atoms with E-state index in [1.54, 1.807) is 0 Å². The lowest BCUT2D eigenvalue weighted by Gasteiger charge is -2.30. The third kappa shape index (κ3) is 4.06. The van der Waals surface area contributed by atoms with Crippen LogP contribution < -0.4 is 10.1 Å². The van der Waals surface area contributed by atoms with Gasteiger partial charge in [0.2, 0.25) is 0 Å². The molecule has 0 aromatic heterocycles. The Morgan fingerprint density at radius 2 is 1.71 bits per heavy atom. The Morgan fingerprint density at radius 3 is 2.29 bits per heavy atom. The predicted octanol–water partition coefficient (Wildman–Crippen LogP) is 3.08. The van der Waals surface area contributed by atoms with Crippen molar-refractivity contribution in [1.82, 2.24) is 5.32 Å². The second-order valence-corrected chi connectivity index (χ2v) is 5.29. The van der Waals surface area contributed by atoms with Crippen LogP contribution in [0.5, 0.6) is 5.75 Å². The minimum atomic E-state index is -0.472. The molecule has 0 radical (unpaired) electrons. The lowest BCUT2D eigenvalue weighted by atomic mass is 9.92. The third-order valence-electron chi connectivity index (χ3n) is 3.64. The highest BCUT2D eigenvalue weighted by Gasteiger charge is 2.25. The summed E-state index contributed by atoms with van der Waals surface area (Å²) < 4.78 is 5.45. The van der Waals surface area contributed by atoms with Crippen LogP contribution in [0.3, 0.4) is 0 Å². The molecule has 112 valence electrons. The normalized spacial score (nSPS) is 13.7. The monoisotopic (exact) mass is 285 g/mol. The quantitative estimate of drug-likeness (QED) is 0.821. The molecule has 2 aromatic carbocycles. The number of aliphatic hydroxyl groups is 1. The van der Waals surface area contributed by atoms with E-state index in [0.29, 0.717) is 13.2 Å². The summed E-state index contributed by atoms with van der Waals surface area (Å²) in [5, 5.41) is 13.2. The van der Waals surface area contributed by atoms with Gasteiger partial charge in [-0.2, -0.15) is 0 Å². The van der Waals surface area contributed by atoms with Gasteiger partial charge in [-0.25, -0.2) is 0 Å². The summed E-state index contributed by atoms with van der Waals surface area (Å²) in [4.78, 5) is 0. The van der Waals surface area contributed by atoms with E-state index < -0.39 is 5.54 Å². The molecule has 3 heteroatoms. The van der Waals surface area contributed by atoms with Gasteiger partial charge in [0.25, 0.3) is 0 Å². The van der Waals surface area contributed by atoms with E-state index in [2.05, 4.69) is 17.4 Å². The van der Waals surface area contributed by atoms with E-state index in [4.69, 9.17) is 4.74 Å². The molecule has 1 atom stereocenters. The lowest BCUT2D eigenvalue weighted by Crippen LogP contribution is -2.42. The molecule has 0 aliphatic rings. The Kier molecular flexibility index (Phi) is 5.37. The van der Waals surface area contributed by atoms with Crippen molar-refractivity contribution in [3.05, 3.63) is 65.7 Å². The summed E-state index contributed by atoms with van der Waals surface area (Å²) >= 11 is 0. The largest absolute Gasteiger partial charge is 0.494 e. The van der Waals surface area contributed by atoms with Gasteiger partial charge in [-0.15, -0.1) is 0 Å². The van der Waals surface area contributed by atoms with Gasteiger partial charge >= 0.3 is 0 Å². The van der Waals surface area contributed by atoms with Crippen molar-refractivity contribution in [2.75, 3.05) is 13.2 Å². The number of rotatable bonds is 7. The number of hydrogen-bond acceptors (Lipinski definition) is 3. The Morgan fingerprint density at radius 1 is 1.05 bits per heavy atom. The first-order valence-electron chi connectivity index (χ1n) is 7.31. The number of aliphatic hydroxyl groups excluding tert-OH is 1. The molecule has 1 unspecified atom stereocenters. The zero-order valence-electron chi connectivity index (χ0n) is 12.7. The maximum Gasteiger partial charge on any atom is 0.119 e. The van der Waals surface area contributed by atoms with Crippen LogP contribution in [-0.2, 0) is 12.1 Å². The first-order chi connectivity index (χ1) is 10.2. The minimum Gasteiger partial charge on any atom is -0.494 e. The van der Waals surface area contributed by atoms with Gasteiger partial charge in [-0.05, 0) is 37.1 Å². The van der Waals surface area contributed by atoms with E-state index in [9.17, 15) is 5.11 Å². The summed E-state index contributed by atoms with van der Waals surface area (Å²) in [7, 11) is 0. The molecule has 21 heavy (non-hydrogen) atoms. The van der Waals surface area contributed by atoms with Crippen molar-refractivity contribution < 1.29 is 9.84 Å². The zero-order chi connectivity index (χ0) is 15.1.